The highest BCUT2D eigenvalue weighted by atomic mass is 16.5. The summed E-state index contributed by atoms with van der Waals surface area (Å²) < 4.78 is 11.6. The van der Waals surface area contributed by atoms with Crippen molar-refractivity contribution in [3.63, 3.8) is 0 Å². The van der Waals surface area contributed by atoms with E-state index in [2.05, 4.69) is 10.2 Å². The van der Waals surface area contributed by atoms with Crippen molar-refractivity contribution in [3.05, 3.63) is 53.3 Å². The molecule has 8 heteroatoms. The first-order valence-corrected chi connectivity index (χ1v) is 10.1. The largest absolute Gasteiger partial charge is 0.424 e. The predicted octanol–water partition coefficient (Wildman–Crippen LogP) is 1.94. The van der Waals surface area contributed by atoms with Crippen molar-refractivity contribution < 1.29 is 18.7 Å². The summed E-state index contributed by atoms with van der Waals surface area (Å²) in [4.78, 5) is 30.1. The normalized spacial score (nSPS) is 29.0. The van der Waals surface area contributed by atoms with Crippen LogP contribution in [0.5, 0.6) is 0 Å². The maximum atomic E-state index is 13.5. The molecule has 1 spiro atoms. The Labute approximate surface area is 174 Å². The van der Waals surface area contributed by atoms with Crippen LogP contribution in [0.4, 0.5) is 5.69 Å². The molecule has 4 atom stereocenters. The molecule has 4 heterocycles. The van der Waals surface area contributed by atoms with E-state index in [1.54, 1.807) is 18.9 Å². The van der Waals surface area contributed by atoms with Crippen molar-refractivity contribution >= 4 is 17.5 Å². The number of anilines is 1. The minimum absolute atomic E-state index is 0.0644. The maximum Gasteiger partial charge on any atom is 0.235 e. The molecule has 0 unspecified atom stereocenters. The van der Waals surface area contributed by atoms with Gasteiger partial charge in [-0.15, -0.1) is 10.2 Å². The molecular weight excluding hydrogens is 384 g/mol. The SMILES string of the molecule is Cc1nnc(CN(C)C(=O)[C@H]2[C@@H]3C=C[C@@]4(CN(c5ccc(C)c(C)c5)C(=O)[C@H]24)O3)o1. The average Bonchev–Trinajstić information content (AvgIpc) is 3.45. The zero-order chi connectivity index (χ0) is 21.2. The third-order valence-corrected chi connectivity index (χ3v) is 6.50. The summed E-state index contributed by atoms with van der Waals surface area (Å²) in [6.07, 6.45) is 3.49. The molecule has 0 N–H and O–H groups in total. The van der Waals surface area contributed by atoms with Crippen LogP contribution in [0.1, 0.15) is 22.9 Å². The molecule has 2 fully saturated rings. The monoisotopic (exact) mass is 408 g/mol. The van der Waals surface area contributed by atoms with Crippen LogP contribution in [-0.4, -0.2) is 52.2 Å². The number of aryl methyl sites for hydroxylation is 3. The molecular formula is C22H24N4O4. The minimum Gasteiger partial charge on any atom is -0.424 e. The predicted molar refractivity (Wildman–Crippen MR) is 108 cm³/mol. The van der Waals surface area contributed by atoms with E-state index in [9.17, 15) is 9.59 Å². The molecule has 5 rings (SSSR count). The molecule has 2 bridgehead atoms. The summed E-state index contributed by atoms with van der Waals surface area (Å²) in [6.45, 7) is 6.39. The Morgan fingerprint density at radius 3 is 2.77 bits per heavy atom. The first-order chi connectivity index (χ1) is 14.3. The fourth-order valence-corrected chi connectivity index (χ4v) is 4.83. The standard InChI is InChI=1S/C22H24N4O4/c1-12-5-6-15(9-13(12)2)26-11-22-8-7-16(30-22)18(19(22)21(26)28)20(27)25(4)10-17-24-23-14(3)29-17/h5-9,16,18-19H,10-11H2,1-4H3/t16-,18-,19-,22-/m0/s1. The van der Waals surface area contributed by atoms with Crippen LogP contribution in [0.3, 0.4) is 0 Å². The number of rotatable bonds is 4. The van der Waals surface area contributed by atoms with Gasteiger partial charge in [-0.2, -0.15) is 0 Å². The van der Waals surface area contributed by atoms with Crippen LogP contribution in [0.15, 0.2) is 34.8 Å². The number of fused-ring (bicyclic) bond motifs is 1. The van der Waals surface area contributed by atoms with Crippen molar-refractivity contribution in [3.8, 4) is 0 Å². The van der Waals surface area contributed by atoms with Gasteiger partial charge in [-0.25, -0.2) is 0 Å². The molecule has 1 aromatic carbocycles. The second-order valence-electron chi connectivity index (χ2n) is 8.50. The van der Waals surface area contributed by atoms with Gasteiger partial charge in [0.05, 0.1) is 31.0 Å². The van der Waals surface area contributed by atoms with Crippen LogP contribution < -0.4 is 4.90 Å². The number of carbonyl (C=O) groups is 2. The number of amides is 2. The molecule has 2 saturated heterocycles. The van der Waals surface area contributed by atoms with Gasteiger partial charge in [0.15, 0.2) is 0 Å². The molecule has 30 heavy (non-hydrogen) atoms. The lowest BCUT2D eigenvalue weighted by Crippen LogP contribution is -2.44. The number of carbonyl (C=O) groups excluding carboxylic acids is 2. The summed E-state index contributed by atoms with van der Waals surface area (Å²) in [5.74, 6) is -0.493. The third-order valence-electron chi connectivity index (χ3n) is 6.50. The van der Waals surface area contributed by atoms with E-state index < -0.39 is 17.4 Å². The first-order valence-electron chi connectivity index (χ1n) is 10.1. The van der Waals surface area contributed by atoms with E-state index in [4.69, 9.17) is 9.15 Å². The van der Waals surface area contributed by atoms with E-state index in [0.29, 0.717) is 18.3 Å². The smallest absolute Gasteiger partial charge is 0.235 e. The van der Waals surface area contributed by atoms with Gasteiger partial charge in [0.1, 0.15) is 5.60 Å². The summed E-state index contributed by atoms with van der Waals surface area (Å²) in [5, 5.41) is 7.76. The molecule has 3 aliphatic rings. The van der Waals surface area contributed by atoms with Gasteiger partial charge in [0, 0.05) is 19.7 Å². The van der Waals surface area contributed by atoms with Crippen LogP contribution in [-0.2, 0) is 20.9 Å². The molecule has 3 aliphatic heterocycles. The van der Waals surface area contributed by atoms with E-state index in [1.165, 1.54) is 10.5 Å². The summed E-state index contributed by atoms with van der Waals surface area (Å²) >= 11 is 0. The molecule has 156 valence electrons. The van der Waals surface area contributed by atoms with Crippen molar-refractivity contribution in [2.75, 3.05) is 18.5 Å². The molecule has 8 nitrogen and oxygen atoms in total. The number of hydrogen-bond acceptors (Lipinski definition) is 6. The zero-order valence-corrected chi connectivity index (χ0v) is 17.5. The molecule has 0 radical (unpaired) electrons. The Hall–Kier alpha value is -3.00. The van der Waals surface area contributed by atoms with Crippen LogP contribution in [0.2, 0.25) is 0 Å². The van der Waals surface area contributed by atoms with E-state index in [0.717, 1.165) is 11.3 Å². The summed E-state index contributed by atoms with van der Waals surface area (Å²) in [6, 6.07) is 5.98. The summed E-state index contributed by atoms with van der Waals surface area (Å²) in [5.41, 5.74) is 2.39. The van der Waals surface area contributed by atoms with Crippen molar-refractivity contribution in [2.24, 2.45) is 11.8 Å². The fourth-order valence-electron chi connectivity index (χ4n) is 4.83. The lowest BCUT2D eigenvalue weighted by atomic mass is 9.76. The topological polar surface area (TPSA) is 88.8 Å². The van der Waals surface area contributed by atoms with Gasteiger partial charge in [-0.05, 0) is 37.1 Å². The highest BCUT2D eigenvalue weighted by Crippen LogP contribution is 2.53. The summed E-state index contributed by atoms with van der Waals surface area (Å²) in [7, 11) is 1.69. The number of ether oxygens (including phenoxy) is 1. The molecule has 0 saturated carbocycles. The van der Waals surface area contributed by atoms with Crippen molar-refractivity contribution in [2.45, 2.75) is 39.0 Å². The molecule has 0 aliphatic carbocycles. The Kier molecular flexibility index (Phi) is 4.12. The highest BCUT2D eigenvalue weighted by Gasteiger charge is 2.67. The van der Waals surface area contributed by atoms with E-state index in [1.807, 2.05) is 44.2 Å². The molecule has 1 aromatic heterocycles. The lowest BCUT2D eigenvalue weighted by Gasteiger charge is -2.27. The van der Waals surface area contributed by atoms with E-state index in [-0.39, 0.29) is 24.5 Å². The van der Waals surface area contributed by atoms with Gasteiger partial charge < -0.3 is 19.0 Å². The van der Waals surface area contributed by atoms with Gasteiger partial charge in [0.25, 0.3) is 0 Å². The van der Waals surface area contributed by atoms with Crippen LogP contribution in [0.25, 0.3) is 0 Å². The number of nitrogens with zero attached hydrogens (tertiary/aromatic N) is 4. The highest BCUT2D eigenvalue weighted by molar-refractivity contribution is 6.03. The Bertz CT molecular complexity index is 1080. The second-order valence-corrected chi connectivity index (χ2v) is 8.50. The second kappa shape index (κ2) is 6.50. The average molecular weight is 408 g/mol. The van der Waals surface area contributed by atoms with E-state index >= 15 is 0 Å². The maximum absolute atomic E-state index is 13.5. The van der Waals surface area contributed by atoms with Crippen molar-refractivity contribution in [1.82, 2.24) is 15.1 Å². The zero-order valence-electron chi connectivity index (χ0n) is 17.5. The Morgan fingerprint density at radius 1 is 1.27 bits per heavy atom. The van der Waals surface area contributed by atoms with Gasteiger partial charge in [-0.1, -0.05) is 18.2 Å². The third kappa shape index (κ3) is 2.70. The molecule has 2 aromatic rings. The van der Waals surface area contributed by atoms with Crippen LogP contribution >= 0.6 is 0 Å². The minimum atomic E-state index is -0.747. The van der Waals surface area contributed by atoms with Gasteiger partial charge >= 0.3 is 0 Å². The lowest BCUT2D eigenvalue weighted by molar-refractivity contribution is -0.139. The van der Waals surface area contributed by atoms with Crippen molar-refractivity contribution in [1.29, 1.82) is 0 Å². The number of aromatic nitrogens is 2. The Morgan fingerprint density at radius 2 is 2.07 bits per heavy atom. The fraction of sp³-hybridized carbons (Fsp3) is 0.455. The Balaban J connectivity index is 1.42. The molecule has 2 amide bonds. The number of benzene rings is 1. The van der Waals surface area contributed by atoms with Crippen LogP contribution in [0, 0.1) is 32.6 Å². The quantitative estimate of drug-likeness (QED) is 0.719. The van der Waals surface area contributed by atoms with Gasteiger partial charge in [0.2, 0.25) is 23.6 Å². The first kappa shape index (κ1) is 19.0. The number of hydrogen-bond donors (Lipinski definition) is 0. The van der Waals surface area contributed by atoms with Gasteiger partial charge in [-0.3, -0.25) is 9.59 Å².